The quantitative estimate of drug-likeness (QED) is 0.761. The van der Waals surface area contributed by atoms with Crippen molar-refractivity contribution in [2.75, 3.05) is 0 Å². The van der Waals surface area contributed by atoms with E-state index in [9.17, 15) is 26.3 Å². The third kappa shape index (κ3) is 2.84. The highest BCUT2D eigenvalue weighted by molar-refractivity contribution is 5.69. The number of hydrogen-bond acceptors (Lipinski definition) is 2. The summed E-state index contributed by atoms with van der Waals surface area (Å²) in [7, 11) is 0. The van der Waals surface area contributed by atoms with E-state index in [-0.39, 0.29) is 11.3 Å². The Kier molecular flexibility index (Phi) is 3.89. The van der Waals surface area contributed by atoms with Crippen LogP contribution in [0.1, 0.15) is 23.1 Å². The maximum absolute atomic E-state index is 13.9. The lowest BCUT2D eigenvalue weighted by atomic mass is 9.95. The van der Waals surface area contributed by atoms with Gasteiger partial charge in [-0.25, -0.2) is 13.2 Å². The smallest absolute Gasteiger partial charge is 0.261 e. The minimum Gasteiger partial charge on any atom is -0.261 e. The van der Waals surface area contributed by atoms with Crippen LogP contribution >= 0.6 is 0 Å². The van der Waals surface area contributed by atoms with Crippen molar-refractivity contribution < 1.29 is 26.3 Å². The van der Waals surface area contributed by atoms with Gasteiger partial charge in [-0.3, -0.25) is 9.97 Å². The molecule has 0 atom stereocenters. The number of hydrogen-bond donors (Lipinski definition) is 0. The molecule has 1 heterocycles. The van der Waals surface area contributed by atoms with Crippen molar-refractivity contribution in [2.24, 2.45) is 0 Å². The lowest BCUT2D eigenvalue weighted by molar-refractivity contribution is -0.139. The average molecular weight is 306 g/mol. The second-order valence-corrected chi connectivity index (χ2v) is 4.24. The maximum atomic E-state index is 13.9. The Morgan fingerprint density at radius 1 is 1.14 bits per heavy atom. The molecule has 0 aliphatic carbocycles. The van der Waals surface area contributed by atoms with Crippen molar-refractivity contribution in [2.45, 2.75) is 19.5 Å². The van der Waals surface area contributed by atoms with Crippen LogP contribution in [0.2, 0.25) is 0 Å². The zero-order chi connectivity index (χ0) is 15.8. The predicted molar refractivity (Wildman–Crippen MR) is 62.1 cm³/mol. The molecule has 0 aliphatic heterocycles. The molecule has 0 amide bonds. The topological polar surface area (TPSA) is 25.8 Å². The van der Waals surface area contributed by atoms with E-state index in [1.807, 2.05) is 0 Å². The molecule has 0 saturated heterocycles. The van der Waals surface area contributed by atoms with E-state index >= 15 is 0 Å². The Balaban J connectivity index is 2.85. The largest absolute Gasteiger partial charge is 0.419 e. The fourth-order valence-corrected chi connectivity index (χ4v) is 2.00. The van der Waals surface area contributed by atoms with Crippen LogP contribution < -0.4 is 0 Å². The van der Waals surface area contributed by atoms with Crippen molar-refractivity contribution in [3.05, 3.63) is 47.2 Å². The molecule has 112 valence electrons. The van der Waals surface area contributed by atoms with Crippen molar-refractivity contribution >= 4 is 0 Å². The second-order valence-electron chi connectivity index (χ2n) is 4.24. The summed E-state index contributed by atoms with van der Waals surface area (Å²) in [5, 5.41) is 0. The van der Waals surface area contributed by atoms with E-state index in [0.29, 0.717) is 6.07 Å². The summed E-state index contributed by atoms with van der Waals surface area (Å²) in [6.07, 6.45) is -5.10. The SMILES string of the molecule is Cc1cc(C(F)F)c(F)c(C(F)(F)F)c1-c1cnccn1. The molecule has 1 aromatic carbocycles. The van der Waals surface area contributed by atoms with Gasteiger partial charge in [-0.1, -0.05) is 0 Å². The van der Waals surface area contributed by atoms with E-state index < -0.39 is 35.1 Å². The van der Waals surface area contributed by atoms with Crippen LogP contribution in [0.15, 0.2) is 24.7 Å². The second kappa shape index (κ2) is 5.34. The summed E-state index contributed by atoms with van der Waals surface area (Å²) in [4.78, 5) is 7.30. The molecule has 0 spiro atoms. The molecule has 8 heteroatoms. The number of alkyl halides is 5. The van der Waals surface area contributed by atoms with Crippen LogP contribution in [-0.4, -0.2) is 9.97 Å². The molecule has 0 unspecified atom stereocenters. The summed E-state index contributed by atoms with van der Waals surface area (Å²) >= 11 is 0. The first-order chi connectivity index (χ1) is 9.73. The number of benzene rings is 1. The van der Waals surface area contributed by atoms with Gasteiger partial charge in [-0.05, 0) is 18.6 Å². The molecule has 21 heavy (non-hydrogen) atoms. The highest BCUT2D eigenvalue weighted by atomic mass is 19.4. The molecule has 0 N–H and O–H groups in total. The third-order valence-electron chi connectivity index (χ3n) is 2.83. The van der Waals surface area contributed by atoms with Gasteiger partial charge in [0.25, 0.3) is 6.43 Å². The van der Waals surface area contributed by atoms with Crippen molar-refractivity contribution in [1.82, 2.24) is 9.97 Å². The first kappa shape index (κ1) is 15.3. The zero-order valence-corrected chi connectivity index (χ0v) is 10.5. The number of aryl methyl sites for hydroxylation is 1. The Labute approximate surface area is 115 Å². The Hall–Kier alpha value is -2.12. The summed E-state index contributed by atoms with van der Waals surface area (Å²) in [5.41, 5.74) is -4.01. The molecule has 0 bridgehead atoms. The van der Waals surface area contributed by atoms with Crippen LogP contribution in [-0.2, 0) is 6.18 Å². The average Bonchev–Trinajstić information content (AvgIpc) is 2.39. The molecule has 0 saturated carbocycles. The number of nitrogens with zero attached hydrogens (tertiary/aromatic N) is 2. The summed E-state index contributed by atoms with van der Waals surface area (Å²) < 4.78 is 78.5. The molecule has 2 nitrogen and oxygen atoms in total. The Morgan fingerprint density at radius 3 is 2.29 bits per heavy atom. The molecule has 2 rings (SSSR count). The third-order valence-corrected chi connectivity index (χ3v) is 2.83. The molecule has 0 radical (unpaired) electrons. The minimum absolute atomic E-state index is 0.153. The van der Waals surface area contributed by atoms with Crippen molar-refractivity contribution in [3.8, 4) is 11.3 Å². The standard InChI is InChI=1S/C13H8F6N2/c1-6-4-7(12(15)16)11(14)10(13(17,18)19)9(6)8-5-20-2-3-21-8/h2-5,12H,1H3. The summed E-state index contributed by atoms with van der Waals surface area (Å²) in [6, 6.07) is 0.694. The van der Waals surface area contributed by atoms with Crippen LogP contribution in [0, 0.1) is 12.7 Å². The summed E-state index contributed by atoms with van der Waals surface area (Å²) in [5.74, 6) is -1.98. The molecule has 0 fully saturated rings. The Morgan fingerprint density at radius 2 is 1.81 bits per heavy atom. The van der Waals surface area contributed by atoms with Gasteiger partial charge < -0.3 is 0 Å². The van der Waals surface area contributed by atoms with Gasteiger partial charge in [0.2, 0.25) is 0 Å². The van der Waals surface area contributed by atoms with Crippen molar-refractivity contribution in [1.29, 1.82) is 0 Å². The van der Waals surface area contributed by atoms with Gasteiger partial charge in [-0.15, -0.1) is 0 Å². The summed E-state index contributed by atoms with van der Waals surface area (Å²) in [6.45, 7) is 1.19. The predicted octanol–water partition coefficient (Wildman–Crippen LogP) is 4.55. The fraction of sp³-hybridized carbons (Fsp3) is 0.231. The first-order valence-corrected chi connectivity index (χ1v) is 5.68. The minimum atomic E-state index is -5.13. The molecular formula is C13H8F6N2. The first-order valence-electron chi connectivity index (χ1n) is 5.68. The van der Waals surface area contributed by atoms with E-state index in [1.165, 1.54) is 13.1 Å². The van der Waals surface area contributed by atoms with E-state index in [2.05, 4.69) is 9.97 Å². The lowest BCUT2D eigenvalue weighted by Gasteiger charge is -2.18. The molecular weight excluding hydrogens is 298 g/mol. The normalized spacial score (nSPS) is 12.0. The molecule has 1 aromatic heterocycles. The number of aromatic nitrogens is 2. The van der Waals surface area contributed by atoms with Gasteiger partial charge in [0, 0.05) is 18.0 Å². The van der Waals surface area contributed by atoms with Gasteiger partial charge in [0.05, 0.1) is 17.5 Å². The maximum Gasteiger partial charge on any atom is 0.419 e. The number of rotatable bonds is 2. The molecule has 0 aliphatic rings. The molecule has 2 aromatic rings. The van der Waals surface area contributed by atoms with Gasteiger partial charge in [0.15, 0.2) is 0 Å². The van der Waals surface area contributed by atoms with E-state index in [4.69, 9.17) is 0 Å². The van der Waals surface area contributed by atoms with Gasteiger partial charge in [-0.2, -0.15) is 13.2 Å². The van der Waals surface area contributed by atoms with Gasteiger partial charge in [0.1, 0.15) is 11.4 Å². The monoisotopic (exact) mass is 306 g/mol. The van der Waals surface area contributed by atoms with Crippen LogP contribution in [0.5, 0.6) is 0 Å². The van der Waals surface area contributed by atoms with Gasteiger partial charge >= 0.3 is 6.18 Å². The lowest BCUT2D eigenvalue weighted by Crippen LogP contribution is -2.14. The van der Waals surface area contributed by atoms with E-state index in [0.717, 1.165) is 12.4 Å². The number of halogens is 6. The highest BCUT2D eigenvalue weighted by Crippen LogP contribution is 2.42. The van der Waals surface area contributed by atoms with E-state index in [1.54, 1.807) is 0 Å². The van der Waals surface area contributed by atoms with Crippen LogP contribution in [0.3, 0.4) is 0 Å². The van der Waals surface area contributed by atoms with Crippen molar-refractivity contribution in [3.63, 3.8) is 0 Å². The Bertz CT molecular complexity index is 652. The van der Waals surface area contributed by atoms with Crippen LogP contribution in [0.25, 0.3) is 11.3 Å². The fourth-order valence-electron chi connectivity index (χ4n) is 2.00. The highest BCUT2D eigenvalue weighted by Gasteiger charge is 2.40. The van der Waals surface area contributed by atoms with Crippen LogP contribution in [0.4, 0.5) is 26.3 Å². The zero-order valence-electron chi connectivity index (χ0n) is 10.5.